The monoisotopic (exact) mass is 307 g/mol. The Morgan fingerprint density at radius 3 is 2.68 bits per heavy atom. The van der Waals surface area contributed by atoms with E-state index in [4.69, 9.17) is 0 Å². The number of carbonyl (C=O) groups is 1. The molecule has 0 radical (unpaired) electrons. The maximum absolute atomic E-state index is 11.9. The van der Waals surface area contributed by atoms with E-state index in [1.54, 1.807) is 0 Å². The van der Waals surface area contributed by atoms with Crippen LogP contribution in [-0.4, -0.2) is 17.5 Å². The predicted molar refractivity (Wildman–Crippen MR) is 85.1 cm³/mol. The van der Waals surface area contributed by atoms with Crippen molar-refractivity contribution in [3.8, 4) is 0 Å². The van der Waals surface area contributed by atoms with Gasteiger partial charge in [-0.05, 0) is 42.7 Å². The lowest BCUT2D eigenvalue weighted by Gasteiger charge is -2.07. The van der Waals surface area contributed by atoms with Gasteiger partial charge in [-0.1, -0.05) is 38.1 Å². The summed E-state index contributed by atoms with van der Waals surface area (Å²) in [5, 5.41) is 9.18. The number of nitrogens with zero attached hydrogens (tertiary/aromatic N) is 1. The number of ketones is 1. The van der Waals surface area contributed by atoms with Crippen LogP contribution in [-0.2, 0) is 22.5 Å². The number of hydrogen-bond acceptors (Lipinski definition) is 4. The standard InChI is InChI=1S/C17H25NO4/c1-14(2)9-10-15-6-5-7-16(12-15)13-17(19)8-3-4-11-22-18(20)21/h5-7,12,14H,3-4,8-11,13H2,1-2H3. The molecule has 122 valence electrons. The second kappa shape index (κ2) is 9.92. The summed E-state index contributed by atoms with van der Waals surface area (Å²) in [4.78, 5) is 26.1. The first-order valence-corrected chi connectivity index (χ1v) is 7.84. The summed E-state index contributed by atoms with van der Waals surface area (Å²) in [6, 6.07) is 8.19. The third-order valence-electron chi connectivity index (χ3n) is 3.45. The first kappa shape index (κ1) is 18.1. The lowest BCUT2D eigenvalue weighted by molar-refractivity contribution is -0.757. The largest absolute Gasteiger partial charge is 0.314 e. The third-order valence-corrected chi connectivity index (χ3v) is 3.45. The van der Waals surface area contributed by atoms with Crippen molar-refractivity contribution < 1.29 is 14.7 Å². The minimum absolute atomic E-state index is 0.0605. The van der Waals surface area contributed by atoms with Crippen LogP contribution in [0.25, 0.3) is 0 Å². The summed E-state index contributed by atoms with van der Waals surface area (Å²) in [6.07, 6.45) is 4.22. The molecule has 0 spiro atoms. The van der Waals surface area contributed by atoms with Crippen molar-refractivity contribution in [3.63, 3.8) is 0 Å². The van der Waals surface area contributed by atoms with Crippen molar-refractivity contribution in [3.05, 3.63) is 45.5 Å². The van der Waals surface area contributed by atoms with Crippen LogP contribution in [0.4, 0.5) is 0 Å². The molecule has 1 aromatic carbocycles. The Morgan fingerprint density at radius 2 is 2.00 bits per heavy atom. The summed E-state index contributed by atoms with van der Waals surface area (Å²) in [5.41, 5.74) is 2.33. The van der Waals surface area contributed by atoms with E-state index >= 15 is 0 Å². The van der Waals surface area contributed by atoms with Crippen molar-refractivity contribution in [2.24, 2.45) is 5.92 Å². The molecule has 0 aliphatic rings. The van der Waals surface area contributed by atoms with Crippen molar-refractivity contribution in [2.45, 2.75) is 52.4 Å². The first-order valence-electron chi connectivity index (χ1n) is 7.84. The van der Waals surface area contributed by atoms with Gasteiger partial charge in [-0.15, -0.1) is 10.1 Å². The number of hydrogen-bond donors (Lipinski definition) is 0. The van der Waals surface area contributed by atoms with Gasteiger partial charge >= 0.3 is 0 Å². The van der Waals surface area contributed by atoms with Gasteiger partial charge in [0.25, 0.3) is 5.09 Å². The molecule has 0 bridgehead atoms. The molecule has 0 unspecified atom stereocenters. The second-order valence-electron chi connectivity index (χ2n) is 5.98. The van der Waals surface area contributed by atoms with Crippen molar-refractivity contribution >= 4 is 5.78 Å². The van der Waals surface area contributed by atoms with Gasteiger partial charge in [-0.3, -0.25) is 4.79 Å². The van der Waals surface area contributed by atoms with E-state index in [0.29, 0.717) is 31.6 Å². The van der Waals surface area contributed by atoms with E-state index < -0.39 is 5.09 Å². The fourth-order valence-corrected chi connectivity index (χ4v) is 2.23. The number of carbonyl (C=O) groups excluding carboxylic acids is 1. The first-order chi connectivity index (χ1) is 10.5. The highest BCUT2D eigenvalue weighted by atomic mass is 16.9. The number of benzene rings is 1. The molecule has 0 atom stereocenters. The van der Waals surface area contributed by atoms with Gasteiger partial charge in [0.1, 0.15) is 5.78 Å². The number of unbranched alkanes of at least 4 members (excludes halogenated alkanes) is 1. The Balaban J connectivity index is 2.31. The topological polar surface area (TPSA) is 69.4 Å². The molecule has 0 aliphatic carbocycles. The van der Waals surface area contributed by atoms with Crippen LogP contribution < -0.4 is 0 Å². The van der Waals surface area contributed by atoms with Gasteiger partial charge in [0.15, 0.2) is 0 Å². The summed E-state index contributed by atoms with van der Waals surface area (Å²) in [7, 11) is 0. The Labute approximate surface area is 131 Å². The summed E-state index contributed by atoms with van der Waals surface area (Å²) < 4.78 is 0. The molecule has 0 heterocycles. The Hall–Kier alpha value is -1.91. The van der Waals surface area contributed by atoms with Crippen LogP contribution in [0.15, 0.2) is 24.3 Å². The average molecular weight is 307 g/mol. The molecule has 22 heavy (non-hydrogen) atoms. The highest BCUT2D eigenvalue weighted by Gasteiger charge is 2.05. The molecule has 0 saturated carbocycles. The second-order valence-corrected chi connectivity index (χ2v) is 5.98. The minimum atomic E-state index is -0.801. The third kappa shape index (κ3) is 8.39. The molecule has 5 heteroatoms. The quantitative estimate of drug-likeness (QED) is 0.354. The van der Waals surface area contributed by atoms with Gasteiger partial charge < -0.3 is 4.84 Å². The molecular weight excluding hydrogens is 282 g/mol. The average Bonchev–Trinajstić information content (AvgIpc) is 2.45. The zero-order valence-corrected chi connectivity index (χ0v) is 13.4. The van der Waals surface area contributed by atoms with E-state index in [1.807, 2.05) is 12.1 Å². The summed E-state index contributed by atoms with van der Waals surface area (Å²) in [5.74, 6) is 0.841. The summed E-state index contributed by atoms with van der Waals surface area (Å²) in [6.45, 7) is 4.47. The molecule has 5 nitrogen and oxygen atoms in total. The van der Waals surface area contributed by atoms with Gasteiger partial charge in [-0.25, -0.2) is 0 Å². The van der Waals surface area contributed by atoms with Crippen molar-refractivity contribution in [1.82, 2.24) is 0 Å². The van der Waals surface area contributed by atoms with Crippen LogP contribution in [0.5, 0.6) is 0 Å². The van der Waals surface area contributed by atoms with E-state index in [0.717, 1.165) is 18.4 Å². The molecule has 1 rings (SSSR count). The fourth-order valence-electron chi connectivity index (χ4n) is 2.23. The van der Waals surface area contributed by atoms with Gasteiger partial charge in [0, 0.05) is 12.8 Å². The SMILES string of the molecule is CC(C)CCc1cccc(CC(=O)CCCCO[N+](=O)[O-])c1. The molecule has 0 aliphatic heterocycles. The van der Waals surface area contributed by atoms with Gasteiger partial charge in [0.05, 0.1) is 6.61 Å². The van der Waals surface area contributed by atoms with Crippen LogP contribution in [0.2, 0.25) is 0 Å². The minimum Gasteiger partial charge on any atom is -0.314 e. The normalized spacial score (nSPS) is 10.7. The van der Waals surface area contributed by atoms with E-state index in [-0.39, 0.29) is 12.4 Å². The summed E-state index contributed by atoms with van der Waals surface area (Å²) >= 11 is 0. The van der Waals surface area contributed by atoms with Gasteiger partial charge in [0.2, 0.25) is 0 Å². The van der Waals surface area contributed by atoms with Crippen molar-refractivity contribution in [1.29, 1.82) is 0 Å². The molecule has 1 aromatic rings. The molecule has 0 saturated heterocycles. The molecule has 0 N–H and O–H groups in total. The molecule has 0 amide bonds. The van der Waals surface area contributed by atoms with Crippen LogP contribution in [0, 0.1) is 16.0 Å². The van der Waals surface area contributed by atoms with Crippen LogP contribution in [0.1, 0.15) is 50.7 Å². The Bertz CT molecular complexity index is 485. The Kier molecular flexibility index (Phi) is 8.18. The highest BCUT2D eigenvalue weighted by Crippen LogP contribution is 2.13. The highest BCUT2D eigenvalue weighted by molar-refractivity contribution is 5.80. The molecular formula is C17H25NO4. The number of aryl methyl sites for hydroxylation is 1. The molecule has 0 aromatic heterocycles. The Morgan fingerprint density at radius 1 is 1.27 bits per heavy atom. The van der Waals surface area contributed by atoms with Crippen LogP contribution in [0.3, 0.4) is 0 Å². The maximum Gasteiger partial charge on any atom is 0.294 e. The zero-order valence-electron chi connectivity index (χ0n) is 13.4. The predicted octanol–water partition coefficient (Wildman–Crippen LogP) is 3.77. The lowest BCUT2D eigenvalue weighted by atomic mass is 9.98. The molecule has 0 fully saturated rings. The van der Waals surface area contributed by atoms with Crippen LogP contribution >= 0.6 is 0 Å². The fraction of sp³-hybridized carbons (Fsp3) is 0.588. The zero-order chi connectivity index (χ0) is 16.4. The van der Waals surface area contributed by atoms with E-state index in [2.05, 4.69) is 30.8 Å². The number of rotatable bonds is 11. The van der Waals surface area contributed by atoms with Crippen molar-refractivity contribution in [2.75, 3.05) is 6.61 Å². The smallest absolute Gasteiger partial charge is 0.294 e. The lowest BCUT2D eigenvalue weighted by Crippen LogP contribution is -2.06. The maximum atomic E-state index is 11.9. The van der Waals surface area contributed by atoms with E-state index in [1.165, 1.54) is 5.56 Å². The van der Waals surface area contributed by atoms with E-state index in [9.17, 15) is 14.9 Å². The number of Topliss-reactive ketones (excluding diaryl/α,β-unsaturated/α-hetero) is 1. The van der Waals surface area contributed by atoms with Gasteiger partial charge in [-0.2, -0.15) is 0 Å².